The summed E-state index contributed by atoms with van der Waals surface area (Å²) in [5.41, 5.74) is 0.658. The summed E-state index contributed by atoms with van der Waals surface area (Å²) in [5, 5.41) is 11.8. The molecule has 1 aliphatic rings. The Morgan fingerprint density at radius 3 is 3.00 bits per heavy atom. The molecular formula is C13H20N4O4. The monoisotopic (exact) mass is 296 g/mol. The van der Waals surface area contributed by atoms with E-state index in [0.29, 0.717) is 18.8 Å². The van der Waals surface area contributed by atoms with Crippen LogP contribution in [0.25, 0.3) is 0 Å². The topological polar surface area (TPSA) is 108 Å². The number of aromatic nitrogens is 2. The smallest absolute Gasteiger partial charge is 0.326 e. The molecule has 2 unspecified atom stereocenters. The maximum atomic E-state index is 12.3. The van der Waals surface area contributed by atoms with E-state index in [2.05, 4.69) is 15.3 Å². The van der Waals surface area contributed by atoms with Crippen molar-refractivity contribution in [3.63, 3.8) is 0 Å². The van der Waals surface area contributed by atoms with Crippen molar-refractivity contribution in [1.82, 2.24) is 20.2 Å². The summed E-state index contributed by atoms with van der Waals surface area (Å²) in [5.74, 6) is -1.08. The average Bonchev–Trinajstić information content (AvgIpc) is 2.93. The molecule has 1 fully saturated rings. The number of morpholine rings is 1. The molecule has 8 heteroatoms. The summed E-state index contributed by atoms with van der Waals surface area (Å²) in [7, 11) is 0. The fraction of sp³-hybridized carbons (Fsp3) is 0.615. The summed E-state index contributed by atoms with van der Waals surface area (Å²) in [6.45, 7) is 4.65. The zero-order chi connectivity index (χ0) is 15.4. The molecule has 2 heterocycles. The number of carboxylic acids is 1. The van der Waals surface area contributed by atoms with Crippen LogP contribution >= 0.6 is 0 Å². The van der Waals surface area contributed by atoms with Gasteiger partial charge in [0.15, 0.2) is 0 Å². The Labute approximate surface area is 122 Å². The lowest BCUT2D eigenvalue weighted by Crippen LogP contribution is -2.56. The number of H-pyrrole nitrogens is 1. The van der Waals surface area contributed by atoms with Gasteiger partial charge in [0.1, 0.15) is 6.04 Å². The van der Waals surface area contributed by atoms with Gasteiger partial charge >= 0.3 is 12.0 Å². The predicted molar refractivity (Wildman–Crippen MR) is 73.8 cm³/mol. The van der Waals surface area contributed by atoms with E-state index >= 15 is 0 Å². The van der Waals surface area contributed by atoms with Crippen molar-refractivity contribution in [3.8, 4) is 0 Å². The second-order valence-electron chi connectivity index (χ2n) is 5.27. The molecule has 0 aliphatic carbocycles. The SMILES string of the molecule is CC1CN(C(=O)N[C@@H](Cc2cnc[nH]2)C(=O)O)C(C)CO1. The van der Waals surface area contributed by atoms with Crippen LogP contribution in [0.4, 0.5) is 4.79 Å². The molecule has 8 nitrogen and oxygen atoms in total. The third kappa shape index (κ3) is 3.94. The zero-order valence-corrected chi connectivity index (χ0v) is 12.1. The number of carbonyl (C=O) groups excluding carboxylic acids is 1. The van der Waals surface area contributed by atoms with E-state index in [0.717, 1.165) is 0 Å². The number of carbonyl (C=O) groups is 2. The van der Waals surface area contributed by atoms with Crippen LogP contribution in [0.5, 0.6) is 0 Å². The van der Waals surface area contributed by atoms with Gasteiger partial charge in [-0.2, -0.15) is 0 Å². The molecule has 3 atom stereocenters. The number of hydrogen-bond acceptors (Lipinski definition) is 4. The van der Waals surface area contributed by atoms with Crippen LogP contribution in [0.2, 0.25) is 0 Å². The van der Waals surface area contributed by atoms with E-state index in [1.807, 2.05) is 13.8 Å². The van der Waals surface area contributed by atoms with Crippen molar-refractivity contribution >= 4 is 12.0 Å². The van der Waals surface area contributed by atoms with Gasteiger partial charge < -0.3 is 25.0 Å². The number of nitrogens with zero attached hydrogens (tertiary/aromatic N) is 2. The Hall–Kier alpha value is -2.09. The van der Waals surface area contributed by atoms with Crippen LogP contribution in [0.1, 0.15) is 19.5 Å². The summed E-state index contributed by atoms with van der Waals surface area (Å²) in [6, 6.07) is -1.46. The van der Waals surface area contributed by atoms with E-state index in [9.17, 15) is 14.7 Å². The zero-order valence-electron chi connectivity index (χ0n) is 12.1. The third-order valence-corrected chi connectivity index (χ3v) is 3.44. The first-order chi connectivity index (χ1) is 9.97. The Kier molecular flexibility index (Phi) is 4.79. The molecule has 0 aromatic carbocycles. The normalized spacial score (nSPS) is 23.6. The third-order valence-electron chi connectivity index (χ3n) is 3.44. The number of rotatable bonds is 4. The van der Waals surface area contributed by atoms with Crippen molar-refractivity contribution in [2.24, 2.45) is 0 Å². The predicted octanol–water partition coefficient (Wildman–Crippen LogP) is 0.224. The van der Waals surface area contributed by atoms with Gasteiger partial charge in [-0.15, -0.1) is 0 Å². The minimum atomic E-state index is -1.08. The lowest BCUT2D eigenvalue weighted by Gasteiger charge is -2.37. The van der Waals surface area contributed by atoms with E-state index in [4.69, 9.17) is 4.74 Å². The maximum absolute atomic E-state index is 12.3. The number of nitrogens with one attached hydrogen (secondary N) is 2. The van der Waals surface area contributed by atoms with E-state index in [-0.39, 0.29) is 24.6 Å². The lowest BCUT2D eigenvalue weighted by atomic mass is 10.1. The van der Waals surface area contributed by atoms with Crippen molar-refractivity contribution < 1.29 is 19.4 Å². The first-order valence-electron chi connectivity index (χ1n) is 6.86. The van der Waals surface area contributed by atoms with Gasteiger partial charge in [-0.3, -0.25) is 0 Å². The Morgan fingerprint density at radius 1 is 1.62 bits per heavy atom. The number of amides is 2. The summed E-state index contributed by atoms with van der Waals surface area (Å²) in [6.07, 6.45) is 3.13. The van der Waals surface area contributed by atoms with Gasteiger partial charge in [0.05, 0.1) is 25.1 Å². The molecular weight excluding hydrogens is 276 g/mol. The van der Waals surface area contributed by atoms with E-state index in [1.165, 1.54) is 6.33 Å². The van der Waals surface area contributed by atoms with Gasteiger partial charge in [-0.1, -0.05) is 0 Å². The molecule has 0 radical (unpaired) electrons. The molecule has 1 aromatic heterocycles. The van der Waals surface area contributed by atoms with Crippen LogP contribution in [-0.2, 0) is 16.0 Å². The Morgan fingerprint density at radius 2 is 2.38 bits per heavy atom. The highest BCUT2D eigenvalue weighted by atomic mass is 16.5. The fourth-order valence-electron chi connectivity index (χ4n) is 2.23. The Bertz CT molecular complexity index is 490. The molecule has 116 valence electrons. The van der Waals surface area contributed by atoms with Crippen molar-refractivity contribution in [2.45, 2.75) is 38.5 Å². The second kappa shape index (κ2) is 6.57. The van der Waals surface area contributed by atoms with Gasteiger partial charge in [-0.05, 0) is 13.8 Å². The highest BCUT2D eigenvalue weighted by molar-refractivity contribution is 5.83. The first-order valence-corrected chi connectivity index (χ1v) is 6.86. The number of ether oxygens (including phenoxy) is 1. The molecule has 1 aromatic rings. The molecule has 2 rings (SSSR count). The number of urea groups is 1. The van der Waals surface area contributed by atoms with E-state index in [1.54, 1.807) is 11.1 Å². The van der Waals surface area contributed by atoms with Crippen LogP contribution in [-0.4, -0.2) is 63.3 Å². The van der Waals surface area contributed by atoms with Gasteiger partial charge in [-0.25, -0.2) is 14.6 Å². The second-order valence-corrected chi connectivity index (χ2v) is 5.27. The molecule has 1 saturated heterocycles. The highest BCUT2D eigenvalue weighted by Gasteiger charge is 2.30. The van der Waals surface area contributed by atoms with Crippen LogP contribution in [0.15, 0.2) is 12.5 Å². The number of carboxylic acid groups (broad SMARTS) is 1. The first kappa shape index (κ1) is 15.3. The largest absolute Gasteiger partial charge is 0.480 e. The van der Waals surface area contributed by atoms with E-state index < -0.39 is 12.0 Å². The van der Waals surface area contributed by atoms with Gasteiger partial charge in [0.25, 0.3) is 0 Å². The molecule has 0 spiro atoms. The fourth-order valence-corrected chi connectivity index (χ4v) is 2.23. The van der Waals surface area contributed by atoms with Crippen molar-refractivity contribution in [2.75, 3.05) is 13.2 Å². The Balaban J connectivity index is 1.99. The summed E-state index contributed by atoms with van der Waals surface area (Å²) < 4.78 is 5.46. The standard InChI is InChI=1S/C13H20N4O4/c1-8-6-21-9(2)5-17(8)13(20)16-11(12(18)19)3-10-4-14-7-15-10/h4,7-9,11H,3,5-6H2,1-2H3,(H,14,15)(H,16,20)(H,18,19)/t8?,9?,11-/m0/s1. The molecule has 0 bridgehead atoms. The average molecular weight is 296 g/mol. The van der Waals surface area contributed by atoms with Crippen molar-refractivity contribution in [1.29, 1.82) is 0 Å². The molecule has 1 aliphatic heterocycles. The number of aromatic amines is 1. The van der Waals surface area contributed by atoms with Gasteiger partial charge in [0.2, 0.25) is 0 Å². The quantitative estimate of drug-likeness (QED) is 0.737. The number of hydrogen-bond donors (Lipinski definition) is 3. The van der Waals surface area contributed by atoms with Crippen LogP contribution < -0.4 is 5.32 Å². The lowest BCUT2D eigenvalue weighted by molar-refractivity contribution is -0.139. The number of aliphatic carboxylic acids is 1. The van der Waals surface area contributed by atoms with Crippen LogP contribution in [0, 0.1) is 0 Å². The maximum Gasteiger partial charge on any atom is 0.326 e. The highest BCUT2D eigenvalue weighted by Crippen LogP contribution is 2.12. The molecule has 3 N–H and O–H groups in total. The summed E-state index contributed by atoms with van der Waals surface area (Å²) in [4.78, 5) is 31.8. The minimum Gasteiger partial charge on any atom is -0.480 e. The molecule has 2 amide bonds. The van der Waals surface area contributed by atoms with Crippen molar-refractivity contribution in [3.05, 3.63) is 18.2 Å². The van der Waals surface area contributed by atoms with Gasteiger partial charge in [0, 0.05) is 24.9 Å². The minimum absolute atomic E-state index is 0.0529. The molecule has 21 heavy (non-hydrogen) atoms. The number of imidazole rings is 1. The van der Waals surface area contributed by atoms with Crippen LogP contribution in [0.3, 0.4) is 0 Å². The molecule has 0 saturated carbocycles. The summed E-state index contributed by atoms with van der Waals surface area (Å²) >= 11 is 0.